The molecule has 4 heteroatoms. The smallest absolute Gasteiger partial charge is 0.121 e. The van der Waals surface area contributed by atoms with Crippen molar-refractivity contribution in [2.24, 2.45) is 0 Å². The standard InChI is InChI=1S/C18H24N2O2/c1-19(12-13-21)14-18(22)15-20(16-8-4-2-5-9-16)17-10-6-3-7-11-17/h2-11,18,21-22H,12-15H2,1H3/p+1/t18-/m1/s1. The molecule has 0 radical (unpaired) electrons. The second-order valence-electron chi connectivity index (χ2n) is 5.57. The number of para-hydroxylation sites is 2. The molecule has 22 heavy (non-hydrogen) atoms. The normalized spacial score (nSPS) is 13.6. The summed E-state index contributed by atoms with van der Waals surface area (Å²) in [5.74, 6) is 0. The Hall–Kier alpha value is -1.88. The molecular formula is C18H25N2O2+. The van der Waals surface area contributed by atoms with Crippen LogP contribution >= 0.6 is 0 Å². The minimum absolute atomic E-state index is 0.139. The van der Waals surface area contributed by atoms with Gasteiger partial charge in [-0.25, -0.2) is 0 Å². The van der Waals surface area contributed by atoms with Crippen LogP contribution in [-0.4, -0.2) is 49.6 Å². The molecule has 2 rings (SSSR count). The molecule has 0 spiro atoms. The van der Waals surface area contributed by atoms with E-state index in [1.807, 2.05) is 67.7 Å². The average molecular weight is 301 g/mol. The Morgan fingerprint density at radius 3 is 1.91 bits per heavy atom. The average Bonchev–Trinajstić information content (AvgIpc) is 2.54. The van der Waals surface area contributed by atoms with Crippen LogP contribution in [0.15, 0.2) is 60.7 Å². The van der Waals surface area contributed by atoms with Gasteiger partial charge in [-0.15, -0.1) is 0 Å². The highest BCUT2D eigenvalue weighted by Gasteiger charge is 2.17. The highest BCUT2D eigenvalue weighted by Crippen LogP contribution is 2.24. The molecule has 2 atom stereocenters. The molecule has 2 aromatic rings. The first kappa shape index (κ1) is 16.5. The predicted molar refractivity (Wildman–Crippen MR) is 89.6 cm³/mol. The summed E-state index contributed by atoms with van der Waals surface area (Å²) < 4.78 is 0. The third kappa shape index (κ3) is 4.84. The van der Waals surface area contributed by atoms with Crippen molar-refractivity contribution in [1.29, 1.82) is 0 Å². The fourth-order valence-electron chi connectivity index (χ4n) is 2.55. The number of likely N-dealkylation sites (N-methyl/N-ethyl adjacent to an activating group) is 1. The van der Waals surface area contributed by atoms with E-state index in [4.69, 9.17) is 5.11 Å². The Morgan fingerprint density at radius 1 is 0.955 bits per heavy atom. The Balaban J connectivity index is 2.12. The topological polar surface area (TPSA) is 48.1 Å². The van der Waals surface area contributed by atoms with Crippen molar-refractivity contribution < 1.29 is 15.1 Å². The molecule has 3 N–H and O–H groups in total. The zero-order chi connectivity index (χ0) is 15.8. The summed E-state index contributed by atoms with van der Waals surface area (Å²) >= 11 is 0. The van der Waals surface area contributed by atoms with Gasteiger partial charge in [-0.3, -0.25) is 0 Å². The summed E-state index contributed by atoms with van der Waals surface area (Å²) in [6, 6.07) is 20.2. The van der Waals surface area contributed by atoms with Gasteiger partial charge in [0.2, 0.25) is 0 Å². The number of hydrogen-bond acceptors (Lipinski definition) is 3. The van der Waals surface area contributed by atoms with Gasteiger partial charge in [0, 0.05) is 11.4 Å². The van der Waals surface area contributed by atoms with E-state index in [9.17, 15) is 5.11 Å². The van der Waals surface area contributed by atoms with E-state index in [2.05, 4.69) is 4.90 Å². The Bertz CT molecular complexity index is 494. The van der Waals surface area contributed by atoms with Crippen LogP contribution in [0.4, 0.5) is 11.4 Å². The van der Waals surface area contributed by atoms with Crippen molar-refractivity contribution >= 4 is 11.4 Å². The number of hydrogen-bond donors (Lipinski definition) is 3. The van der Waals surface area contributed by atoms with Gasteiger partial charge >= 0.3 is 0 Å². The second-order valence-corrected chi connectivity index (χ2v) is 5.57. The van der Waals surface area contributed by atoms with E-state index in [0.717, 1.165) is 16.3 Å². The first-order valence-corrected chi connectivity index (χ1v) is 7.68. The van der Waals surface area contributed by atoms with Crippen LogP contribution in [0, 0.1) is 0 Å². The maximum atomic E-state index is 10.4. The van der Waals surface area contributed by atoms with Crippen LogP contribution in [-0.2, 0) is 0 Å². The Morgan fingerprint density at radius 2 is 1.45 bits per heavy atom. The quantitative estimate of drug-likeness (QED) is 0.672. The van der Waals surface area contributed by atoms with Crippen LogP contribution < -0.4 is 9.80 Å². The third-order valence-corrected chi connectivity index (χ3v) is 3.65. The fourth-order valence-corrected chi connectivity index (χ4v) is 2.55. The summed E-state index contributed by atoms with van der Waals surface area (Å²) in [5, 5.41) is 19.4. The minimum Gasteiger partial charge on any atom is -0.391 e. The van der Waals surface area contributed by atoms with Crippen LogP contribution in [0.25, 0.3) is 0 Å². The van der Waals surface area contributed by atoms with E-state index < -0.39 is 6.10 Å². The Labute approximate surface area is 132 Å². The molecule has 1 unspecified atom stereocenters. The highest BCUT2D eigenvalue weighted by molar-refractivity contribution is 5.62. The van der Waals surface area contributed by atoms with Crippen molar-refractivity contribution in [3.05, 3.63) is 60.7 Å². The lowest BCUT2D eigenvalue weighted by Gasteiger charge is -2.28. The lowest BCUT2D eigenvalue weighted by atomic mass is 10.2. The predicted octanol–water partition coefficient (Wildman–Crippen LogP) is 0.693. The number of benzene rings is 2. The lowest BCUT2D eigenvalue weighted by molar-refractivity contribution is -0.883. The molecular weight excluding hydrogens is 276 g/mol. The molecule has 0 heterocycles. The summed E-state index contributed by atoms with van der Waals surface area (Å²) in [5.41, 5.74) is 2.13. The molecule has 0 amide bonds. The lowest BCUT2D eigenvalue weighted by Crippen LogP contribution is -3.10. The van der Waals surface area contributed by atoms with Gasteiger partial charge in [0.15, 0.2) is 0 Å². The molecule has 0 aliphatic carbocycles. The van der Waals surface area contributed by atoms with Gasteiger partial charge < -0.3 is 20.0 Å². The number of quaternary nitrogens is 1. The minimum atomic E-state index is -0.466. The molecule has 0 saturated carbocycles. The summed E-state index contributed by atoms with van der Waals surface area (Å²) in [6.45, 7) is 1.92. The largest absolute Gasteiger partial charge is 0.391 e. The number of aliphatic hydroxyl groups excluding tert-OH is 2. The van der Waals surface area contributed by atoms with Crippen molar-refractivity contribution in [3.63, 3.8) is 0 Å². The Kier molecular flexibility index (Phi) is 6.40. The number of nitrogens with zero attached hydrogens (tertiary/aromatic N) is 1. The van der Waals surface area contributed by atoms with Gasteiger partial charge in [0.05, 0.1) is 20.2 Å². The highest BCUT2D eigenvalue weighted by atomic mass is 16.3. The van der Waals surface area contributed by atoms with Crippen LogP contribution in [0.5, 0.6) is 0 Å². The zero-order valence-corrected chi connectivity index (χ0v) is 13.0. The summed E-state index contributed by atoms with van der Waals surface area (Å²) in [4.78, 5) is 3.24. The first-order chi connectivity index (χ1) is 10.7. The molecule has 0 aliphatic heterocycles. The van der Waals surface area contributed by atoms with Gasteiger partial charge in [-0.2, -0.15) is 0 Å². The van der Waals surface area contributed by atoms with E-state index in [-0.39, 0.29) is 6.61 Å². The maximum absolute atomic E-state index is 10.4. The van der Waals surface area contributed by atoms with E-state index in [0.29, 0.717) is 19.6 Å². The second kappa shape index (κ2) is 8.54. The SMILES string of the molecule is C[NH+](CCO)C[C@@H](O)CN(c1ccccc1)c1ccccc1. The van der Waals surface area contributed by atoms with E-state index in [1.54, 1.807) is 0 Å². The molecule has 0 saturated heterocycles. The van der Waals surface area contributed by atoms with Crippen molar-refractivity contribution in [3.8, 4) is 0 Å². The zero-order valence-electron chi connectivity index (χ0n) is 13.0. The number of nitrogens with one attached hydrogen (secondary N) is 1. The van der Waals surface area contributed by atoms with Gasteiger partial charge in [0.1, 0.15) is 19.2 Å². The molecule has 0 fully saturated rings. The van der Waals surface area contributed by atoms with E-state index in [1.165, 1.54) is 0 Å². The van der Waals surface area contributed by atoms with Crippen LogP contribution in [0.2, 0.25) is 0 Å². The van der Waals surface area contributed by atoms with Gasteiger partial charge in [-0.05, 0) is 24.3 Å². The van der Waals surface area contributed by atoms with Crippen LogP contribution in [0.1, 0.15) is 0 Å². The molecule has 0 aliphatic rings. The molecule has 0 aromatic heterocycles. The molecule has 118 valence electrons. The van der Waals surface area contributed by atoms with E-state index >= 15 is 0 Å². The maximum Gasteiger partial charge on any atom is 0.121 e. The number of aliphatic hydroxyl groups is 2. The number of anilines is 2. The van der Waals surface area contributed by atoms with Crippen LogP contribution in [0.3, 0.4) is 0 Å². The fraction of sp³-hybridized carbons (Fsp3) is 0.333. The van der Waals surface area contributed by atoms with Crippen molar-refractivity contribution in [2.45, 2.75) is 6.10 Å². The van der Waals surface area contributed by atoms with Crippen molar-refractivity contribution in [1.82, 2.24) is 0 Å². The van der Waals surface area contributed by atoms with Gasteiger partial charge in [-0.1, -0.05) is 36.4 Å². The summed E-state index contributed by atoms with van der Waals surface area (Å²) in [7, 11) is 1.98. The van der Waals surface area contributed by atoms with Crippen molar-refractivity contribution in [2.75, 3.05) is 38.2 Å². The number of rotatable bonds is 8. The monoisotopic (exact) mass is 301 g/mol. The molecule has 4 nitrogen and oxygen atoms in total. The molecule has 0 bridgehead atoms. The first-order valence-electron chi connectivity index (χ1n) is 7.68. The van der Waals surface area contributed by atoms with Gasteiger partial charge in [0.25, 0.3) is 0 Å². The summed E-state index contributed by atoms with van der Waals surface area (Å²) in [6.07, 6.45) is -0.466. The third-order valence-electron chi connectivity index (χ3n) is 3.65. The molecule has 2 aromatic carbocycles.